The van der Waals surface area contributed by atoms with Crippen molar-refractivity contribution in [1.29, 1.82) is 0 Å². The molecular weight excluding hydrogens is 176 g/mol. The van der Waals surface area contributed by atoms with Gasteiger partial charge in [-0.15, -0.1) is 0 Å². The molecule has 3 nitrogen and oxygen atoms in total. The predicted molar refractivity (Wildman–Crippen MR) is 57.2 cm³/mol. The van der Waals surface area contributed by atoms with Crippen molar-refractivity contribution in [2.45, 2.75) is 45.4 Å². The molecular formula is C11H18N2O. The summed E-state index contributed by atoms with van der Waals surface area (Å²) in [6, 6.07) is 0. The summed E-state index contributed by atoms with van der Waals surface area (Å²) in [7, 11) is 0. The summed E-state index contributed by atoms with van der Waals surface area (Å²) >= 11 is 0. The molecule has 0 aliphatic rings. The van der Waals surface area contributed by atoms with Gasteiger partial charge in [0.2, 0.25) is 5.78 Å². The summed E-state index contributed by atoms with van der Waals surface area (Å²) in [4.78, 5) is 13.5. The van der Waals surface area contributed by atoms with Gasteiger partial charge in [0.1, 0.15) is 0 Å². The molecule has 0 aliphatic heterocycles. The van der Waals surface area contributed by atoms with Crippen LogP contribution in [-0.4, -0.2) is 16.8 Å². The zero-order valence-corrected chi connectivity index (χ0v) is 8.78. The van der Waals surface area contributed by atoms with Crippen LogP contribution in [0.4, 0.5) is 0 Å². The first-order valence-corrected chi connectivity index (χ1v) is 5.16. The fraction of sp³-hybridized carbons (Fsp3) is 0.636. The smallest absolute Gasteiger partial charge is 0.323 e. The van der Waals surface area contributed by atoms with Crippen LogP contribution in [-0.2, 0) is 4.79 Å². The first-order valence-electron chi connectivity index (χ1n) is 5.16. The van der Waals surface area contributed by atoms with E-state index in [9.17, 15) is 4.79 Å². The Labute approximate surface area is 85.4 Å². The van der Waals surface area contributed by atoms with Gasteiger partial charge < -0.3 is 5.53 Å². The van der Waals surface area contributed by atoms with Crippen LogP contribution in [0.25, 0.3) is 5.53 Å². The third-order valence-electron chi connectivity index (χ3n) is 1.91. The number of rotatable bonds is 8. The lowest BCUT2D eigenvalue weighted by molar-refractivity contribution is -0.115. The summed E-state index contributed by atoms with van der Waals surface area (Å²) in [5, 5.41) is 0. The number of Topliss-reactive ketones (excluding diaryl/α,β-unsaturated/α-hetero) is 1. The third kappa shape index (κ3) is 8.88. The van der Waals surface area contributed by atoms with Crippen molar-refractivity contribution in [2.75, 3.05) is 0 Å². The molecule has 3 heteroatoms. The van der Waals surface area contributed by atoms with E-state index >= 15 is 0 Å². The van der Waals surface area contributed by atoms with Crippen LogP contribution in [0.5, 0.6) is 0 Å². The van der Waals surface area contributed by atoms with Crippen molar-refractivity contribution in [3.05, 3.63) is 17.7 Å². The summed E-state index contributed by atoms with van der Waals surface area (Å²) in [6.45, 7) is 2.18. The molecule has 0 bridgehead atoms. The molecule has 0 saturated carbocycles. The molecule has 0 aliphatic carbocycles. The van der Waals surface area contributed by atoms with E-state index < -0.39 is 0 Å². The number of ketones is 1. The molecule has 0 atom stereocenters. The van der Waals surface area contributed by atoms with E-state index in [2.05, 4.69) is 11.7 Å². The van der Waals surface area contributed by atoms with Crippen molar-refractivity contribution in [3.8, 4) is 0 Å². The van der Waals surface area contributed by atoms with Crippen LogP contribution in [0.2, 0.25) is 0 Å². The quantitative estimate of drug-likeness (QED) is 0.193. The minimum absolute atomic E-state index is 0.169. The number of nitrogens with zero attached hydrogens (tertiary/aromatic N) is 2. The van der Waals surface area contributed by atoms with Gasteiger partial charge in [0.15, 0.2) is 0 Å². The maximum atomic E-state index is 10.8. The maximum absolute atomic E-state index is 10.8. The van der Waals surface area contributed by atoms with Crippen molar-refractivity contribution < 1.29 is 9.58 Å². The number of hydrogen-bond acceptors (Lipinski definition) is 1. The third-order valence-corrected chi connectivity index (χ3v) is 1.91. The molecule has 78 valence electrons. The van der Waals surface area contributed by atoms with Crippen LogP contribution < -0.4 is 0 Å². The van der Waals surface area contributed by atoms with E-state index in [1.165, 1.54) is 25.7 Å². The molecule has 0 aromatic heterocycles. The van der Waals surface area contributed by atoms with E-state index in [1.54, 1.807) is 0 Å². The van der Waals surface area contributed by atoms with Gasteiger partial charge >= 0.3 is 6.21 Å². The van der Waals surface area contributed by atoms with Crippen molar-refractivity contribution in [3.63, 3.8) is 0 Å². The molecule has 0 aromatic rings. The van der Waals surface area contributed by atoms with E-state index in [1.807, 2.05) is 12.2 Å². The van der Waals surface area contributed by atoms with Gasteiger partial charge in [0, 0.05) is 6.42 Å². The van der Waals surface area contributed by atoms with E-state index in [4.69, 9.17) is 5.53 Å². The van der Waals surface area contributed by atoms with Crippen LogP contribution in [0.15, 0.2) is 12.2 Å². The minimum Gasteiger partial charge on any atom is -0.361 e. The lowest BCUT2D eigenvalue weighted by Crippen LogP contribution is -1.96. The van der Waals surface area contributed by atoms with Crippen LogP contribution in [0.1, 0.15) is 45.4 Å². The average Bonchev–Trinajstić information content (AvgIpc) is 2.17. The molecule has 0 amide bonds. The van der Waals surface area contributed by atoms with Crippen molar-refractivity contribution in [2.24, 2.45) is 0 Å². The molecule has 0 N–H and O–H groups in total. The van der Waals surface area contributed by atoms with Crippen LogP contribution in [0, 0.1) is 0 Å². The van der Waals surface area contributed by atoms with Gasteiger partial charge in [-0.3, -0.25) is 4.79 Å². The Hall–Kier alpha value is -1.21. The minimum atomic E-state index is -0.169. The fourth-order valence-electron chi connectivity index (χ4n) is 1.12. The number of carbonyl (C=O) groups is 1. The lowest BCUT2D eigenvalue weighted by atomic mass is 10.1. The van der Waals surface area contributed by atoms with Gasteiger partial charge in [0.25, 0.3) is 0 Å². The highest BCUT2D eigenvalue weighted by molar-refractivity contribution is 6.25. The highest BCUT2D eigenvalue weighted by Crippen LogP contribution is 2.03. The highest BCUT2D eigenvalue weighted by Gasteiger charge is 1.96. The van der Waals surface area contributed by atoms with Crippen molar-refractivity contribution >= 4 is 12.0 Å². The summed E-state index contributed by atoms with van der Waals surface area (Å²) in [6.07, 6.45) is 11.1. The van der Waals surface area contributed by atoms with Gasteiger partial charge in [0.05, 0.1) is 0 Å². The van der Waals surface area contributed by atoms with Crippen LogP contribution >= 0.6 is 0 Å². The molecule has 14 heavy (non-hydrogen) atoms. The Balaban J connectivity index is 3.35. The second-order valence-electron chi connectivity index (χ2n) is 3.24. The van der Waals surface area contributed by atoms with E-state index in [0.717, 1.165) is 12.6 Å². The summed E-state index contributed by atoms with van der Waals surface area (Å²) < 4.78 is 0. The van der Waals surface area contributed by atoms with E-state index in [-0.39, 0.29) is 5.78 Å². The van der Waals surface area contributed by atoms with Gasteiger partial charge in [-0.05, 0) is 12.8 Å². The highest BCUT2D eigenvalue weighted by atomic mass is 16.1. The maximum Gasteiger partial charge on any atom is 0.323 e. The topological polar surface area (TPSA) is 53.5 Å². The van der Waals surface area contributed by atoms with Crippen LogP contribution in [0.3, 0.4) is 0 Å². The summed E-state index contributed by atoms with van der Waals surface area (Å²) in [5.41, 5.74) is 8.06. The fourth-order valence-corrected chi connectivity index (χ4v) is 1.12. The summed E-state index contributed by atoms with van der Waals surface area (Å²) in [5.74, 6) is -0.169. The standard InChI is InChI=1S/C11H18N2O/c1-2-3-4-5-6-7-8-9-11(14)10-13-12/h7-8,10H,2-6,9H2,1H3/b8-7-. The first kappa shape index (κ1) is 12.8. The van der Waals surface area contributed by atoms with E-state index in [0.29, 0.717) is 6.42 Å². The Morgan fingerprint density at radius 3 is 2.71 bits per heavy atom. The Kier molecular flexibility index (Phi) is 9.02. The average molecular weight is 194 g/mol. The second kappa shape index (κ2) is 9.87. The van der Waals surface area contributed by atoms with Gasteiger partial charge in [-0.1, -0.05) is 38.3 Å². The van der Waals surface area contributed by atoms with Crippen molar-refractivity contribution in [1.82, 2.24) is 0 Å². The first-order chi connectivity index (χ1) is 6.81. The SMILES string of the molecule is CCCCCC/C=C\CC(=O)C=[N+]=[N-]. The molecule has 0 saturated heterocycles. The Morgan fingerprint density at radius 2 is 2.07 bits per heavy atom. The number of carbonyl (C=O) groups excluding carboxylic acids is 1. The zero-order chi connectivity index (χ0) is 10.6. The molecule has 0 heterocycles. The number of unbranched alkanes of at least 4 members (excludes halogenated alkanes) is 4. The van der Waals surface area contributed by atoms with Gasteiger partial charge in [-0.2, -0.15) is 4.79 Å². The predicted octanol–water partition coefficient (Wildman–Crippen LogP) is 2.77. The zero-order valence-electron chi connectivity index (χ0n) is 8.78. The molecule has 0 spiro atoms. The van der Waals surface area contributed by atoms with Gasteiger partial charge in [-0.25, -0.2) is 0 Å². The molecule has 0 radical (unpaired) electrons. The Bertz CT molecular complexity index is 227. The second-order valence-corrected chi connectivity index (χ2v) is 3.24. The normalized spacial score (nSPS) is 10.1. The number of allylic oxidation sites excluding steroid dienone is 2. The molecule has 0 rings (SSSR count). The molecule has 0 fully saturated rings. The largest absolute Gasteiger partial charge is 0.361 e. The molecule has 0 unspecified atom stereocenters. The lowest BCUT2D eigenvalue weighted by Gasteiger charge is -1.93. The Morgan fingerprint density at radius 1 is 1.29 bits per heavy atom. The monoisotopic (exact) mass is 194 g/mol. The number of hydrogen-bond donors (Lipinski definition) is 0. The molecule has 0 aromatic carbocycles.